The Morgan fingerprint density at radius 3 is 2.33 bits per heavy atom. The predicted molar refractivity (Wildman–Crippen MR) is 61.5 cm³/mol. The summed E-state index contributed by atoms with van der Waals surface area (Å²) in [5, 5.41) is 2.13. The highest BCUT2D eigenvalue weighted by Crippen LogP contribution is 2.19. The van der Waals surface area contributed by atoms with Crippen molar-refractivity contribution in [2.45, 2.75) is 19.4 Å². The minimum atomic E-state index is -1.43. The molecule has 1 aromatic rings. The molecule has 0 saturated carbocycles. The van der Waals surface area contributed by atoms with Crippen LogP contribution >= 0.6 is 0 Å². The van der Waals surface area contributed by atoms with Crippen molar-refractivity contribution >= 4 is 17.5 Å². The molecule has 0 saturated heterocycles. The smallest absolute Gasteiger partial charge is 0.258 e. The van der Waals surface area contributed by atoms with Crippen LogP contribution in [-0.2, 0) is 4.79 Å². The van der Waals surface area contributed by atoms with Crippen LogP contribution in [0.5, 0.6) is 0 Å². The van der Waals surface area contributed by atoms with Gasteiger partial charge in [0.05, 0.1) is 5.69 Å². The largest absolute Gasteiger partial charge is 0.396 e. The molecular weight excluding hydrogens is 244 g/mol. The monoisotopic (exact) mass is 257 g/mol. The highest BCUT2D eigenvalue weighted by atomic mass is 19.1. The van der Waals surface area contributed by atoms with Gasteiger partial charge in [-0.2, -0.15) is 0 Å². The van der Waals surface area contributed by atoms with E-state index < -0.39 is 34.6 Å². The third-order valence-electron chi connectivity index (χ3n) is 2.39. The number of anilines is 1. The standard InChI is InChI=1S/C11H13F2N3O2/c1-11(2,10(15)18)16-9(17)7-5(12)3-4-6(14)8(7)13/h3-4H,14H2,1-2H3,(H2,15,18)(H,16,17). The van der Waals surface area contributed by atoms with Gasteiger partial charge in [0.2, 0.25) is 5.91 Å². The molecule has 5 nitrogen and oxygen atoms in total. The van der Waals surface area contributed by atoms with E-state index in [9.17, 15) is 18.4 Å². The fraction of sp³-hybridized carbons (Fsp3) is 0.273. The normalized spacial score (nSPS) is 11.1. The molecule has 0 aliphatic heterocycles. The fourth-order valence-electron chi connectivity index (χ4n) is 1.18. The number of benzene rings is 1. The first kappa shape index (κ1) is 13.9. The van der Waals surface area contributed by atoms with E-state index in [-0.39, 0.29) is 5.69 Å². The van der Waals surface area contributed by atoms with Gasteiger partial charge in [-0.3, -0.25) is 9.59 Å². The summed E-state index contributed by atoms with van der Waals surface area (Å²) in [7, 11) is 0. The van der Waals surface area contributed by atoms with Crippen LogP contribution in [-0.4, -0.2) is 17.4 Å². The molecule has 98 valence electrons. The zero-order valence-electron chi connectivity index (χ0n) is 9.88. The van der Waals surface area contributed by atoms with Gasteiger partial charge in [-0.15, -0.1) is 0 Å². The van der Waals surface area contributed by atoms with E-state index in [2.05, 4.69) is 5.32 Å². The number of carbonyl (C=O) groups excluding carboxylic acids is 2. The third kappa shape index (κ3) is 2.55. The van der Waals surface area contributed by atoms with Gasteiger partial charge in [0.15, 0.2) is 5.82 Å². The summed E-state index contributed by atoms with van der Waals surface area (Å²) in [6.45, 7) is 2.63. The molecule has 18 heavy (non-hydrogen) atoms. The Morgan fingerprint density at radius 2 is 1.83 bits per heavy atom. The number of nitrogens with one attached hydrogen (secondary N) is 1. The quantitative estimate of drug-likeness (QED) is 0.689. The third-order valence-corrected chi connectivity index (χ3v) is 2.39. The number of hydrogen-bond donors (Lipinski definition) is 3. The van der Waals surface area contributed by atoms with Crippen molar-refractivity contribution in [3.8, 4) is 0 Å². The Bertz CT molecular complexity index is 515. The Hall–Kier alpha value is -2.18. The number of halogens is 2. The number of hydrogen-bond acceptors (Lipinski definition) is 3. The average molecular weight is 257 g/mol. The second-order valence-corrected chi connectivity index (χ2v) is 4.27. The van der Waals surface area contributed by atoms with Crippen molar-refractivity contribution in [1.82, 2.24) is 5.32 Å². The number of nitrogens with two attached hydrogens (primary N) is 2. The molecular formula is C11H13F2N3O2. The summed E-state index contributed by atoms with van der Waals surface area (Å²) in [6, 6.07) is 1.87. The molecule has 0 fully saturated rings. The topological polar surface area (TPSA) is 98.2 Å². The summed E-state index contributed by atoms with van der Waals surface area (Å²) in [5.41, 5.74) is 7.64. The number of rotatable bonds is 3. The number of carbonyl (C=O) groups is 2. The first-order valence-corrected chi connectivity index (χ1v) is 5.02. The lowest BCUT2D eigenvalue weighted by Crippen LogP contribution is -2.53. The van der Waals surface area contributed by atoms with E-state index >= 15 is 0 Å². The van der Waals surface area contributed by atoms with Crippen molar-refractivity contribution in [3.63, 3.8) is 0 Å². The van der Waals surface area contributed by atoms with Gasteiger partial charge in [0.1, 0.15) is 16.9 Å². The predicted octanol–water partition coefficient (Wildman–Crippen LogP) is 0.541. The van der Waals surface area contributed by atoms with Gasteiger partial charge < -0.3 is 16.8 Å². The number of amides is 2. The molecule has 0 bridgehead atoms. The lowest BCUT2D eigenvalue weighted by atomic mass is 10.0. The second kappa shape index (κ2) is 4.59. The number of nitrogen functional groups attached to an aromatic ring is 1. The summed E-state index contributed by atoms with van der Waals surface area (Å²) in [6.07, 6.45) is 0. The highest BCUT2D eigenvalue weighted by molar-refractivity contribution is 5.99. The van der Waals surface area contributed by atoms with E-state index in [1.54, 1.807) is 0 Å². The van der Waals surface area contributed by atoms with Crippen molar-refractivity contribution in [2.24, 2.45) is 5.73 Å². The number of primary amides is 1. The minimum Gasteiger partial charge on any atom is -0.396 e. The van der Waals surface area contributed by atoms with Crippen LogP contribution in [0.3, 0.4) is 0 Å². The molecule has 0 aliphatic rings. The molecule has 0 spiro atoms. The summed E-state index contributed by atoms with van der Waals surface area (Å²) >= 11 is 0. The molecule has 1 rings (SSSR count). The molecule has 5 N–H and O–H groups in total. The van der Waals surface area contributed by atoms with Crippen molar-refractivity contribution in [1.29, 1.82) is 0 Å². The Kier molecular flexibility index (Phi) is 3.54. The van der Waals surface area contributed by atoms with Crippen LogP contribution in [0.2, 0.25) is 0 Å². The van der Waals surface area contributed by atoms with Crippen molar-refractivity contribution in [3.05, 3.63) is 29.3 Å². The first-order chi connectivity index (χ1) is 8.16. The van der Waals surface area contributed by atoms with Gasteiger partial charge in [-0.1, -0.05) is 0 Å². The fourth-order valence-corrected chi connectivity index (χ4v) is 1.18. The first-order valence-electron chi connectivity index (χ1n) is 5.02. The van der Waals surface area contributed by atoms with Gasteiger partial charge >= 0.3 is 0 Å². The van der Waals surface area contributed by atoms with E-state index in [4.69, 9.17) is 11.5 Å². The molecule has 0 radical (unpaired) electrons. The van der Waals surface area contributed by atoms with Gasteiger partial charge in [-0.25, -0.2) is 8.78 Å². The maximum absolute atomic E-state index is 13.5. The van der Waals surface area contributed by atoms with Gasteiger partial charge in [0, 0.05) is 0 Å². The van der Waals surface area contributed by atoms with E-state index in [0.717, 1.165) is 12.1 Å². The molecule has 0 atom stereocenters. The zero-order chi connectivity index (χ0) is 14.1. The molecule has 2 amide bonds. The minimum absolute atomic E-state index is 0.363. The highest BCUT2D eigenvalue weighted by Gasteiger charge is 2.30. The Labute approximate surface area is 102 Å². The molecule has 1 aromatic carbocycles. The van der Waals surface area contributed by atoms with Crippen LogP contribution in [0.25, 0.3) is 0 Å². The van der Waals surface area contributed by atoms with E-state index in [1.165, 1.54) is 13.8 Å². The molecule has 7 heteroatoms. The summed E-state index contributed by atoms with van der Waals surface area (Å²) < 4.78 is 26.9. The SMILES string of the molecule is CC(C)(NC(=O)c1c(F)ccc(N)c1F)C(N)=O. The summed E-state index contributed by atoms with van der Waals surface area (Å²) in [5.74, 6) is -4.17. The molecule has 0 unspecified atom stereocenters. The van der Waals surface area contributed by atoms with Gasteiger partial charge in [-0.05, 0) is 26.0 Å². The van der Waals surface area contributed by atoms with Crippen molar-refractivity contribution in [2.75, 3.05) is 5.73 Å². The zero-order valence-corrected chi connectivity index (χ0v) is 9.88. The average Bonchev–Trinajstić information content (AvgIpc) is 2.23. The maximum Gasteiger partial charge on any atom is 0.258 e. The van der Waals surface area contributed by atoms with E-state index in [0.29, 0.717) is 0 Å². The maximum atomic E-state index is 13.5. The van der Waals surface area contributed by atoms with Crippen LogP contribution in [0, 0.1) is 11.6 Å². The summed E-state index contributed by atoms with van der Waals surface area (Å²) in [4.78, 5) is 22.7. The second-order valence-electron chi connectivity index (χ2n) is 4.27. The van der Waals surface area contributed by atoms with Crippen LogP contribution < -0.4 is 16.8 Å². The lowest BCUT2D eigenvalue weighted by Gasteiger charge is -2.22. The Balaban J connectivity index is 3.13. The van der Waals surface area contributed by atoms with Crippen LogP contribution in [0.15, 0.2) is 12.1 Å². The Morgan fingerprint density at radius 1 is 1.28 bits per heavy atom. The molecule has 0 aliphatic carbocycles. The van der Waals surface area contributed by atoms with Gasteiger partial charge in [0.25, 0.3) is 5.91 Å². The molecule has 0 aromatic heterocycles. The van der Waals surface area contributed by atoms with E-state index in [1.807, 2.05) is 0 Å². The van der Waals surface area contributed by atoms with Crippen LogP contribution in [0.4, 0.5) is 14.5 Å². The lowest BCUT2D eigenvalue weighted by molar-refractivity contribution is -0.122. The van der Waals surface area contributed by atoms with Crippen LogP contribution in [0.1, 0.15) is 24.2 Å². The van der Waals surface area contributed by atoms with Crippen molar-refractivity contribution < 1.29 is 18.4 Å². The molecule has 0 heterocycles.